The number of hydrogen-bond donors (Lipinski definition) is 2. The fourth-order valence-electron chi connectivity index (χ4n) is 1.54. The maximum Gasteiger partial charge on any atom is 0.326 e. The predicted molar refractivity (Wildman–Crippen MR) is 71.4 cm³/mol. The number of carbonyl (C=O) groups is 2. The molecule has 1 unspecified atom stereocenters. The van der Waals surface area contributed by atoms with E-state index in [-0.39, 0.29) is 18.5 Å². The first-order valence-corrected chi connectivity index (χ1v) is 6.20. The molecule has 2 amide bonds. The first-order valence-electron chi connectivity index (χ1n) is 6.20. The largest absolute Gasteiger partial charge is 0.480 e. The molecule has 0 spiro atoms. The summed E-state index contributed by atoms with van der Waals surface area (Å²) in [5.74, 6) is -0.711. The average Bonchev–Trinajstić information content (AvgIpc) is 2.24. The third kappa shape index (κ3) is 5.70. The van der Waals surface area contributed by atoms with Crippen molar-refractivity contribution in [2.45, 2.75) is 46.2 Å². The second-order valence-electron chi connectivity index (χ2n) is 5.00. The van der Waals surface area contributed by atoms with Crippen LogP contribution in [0.15, 0.2) is 12.7 Å². The zero-order chi connectivity index (χ0) is 14.3. The van der Waals surface area contributed by atoms with Crippen molar-refractivity contribution in [1.29, 1.82) is 0 Å². The Labute approximate surface area is 109 Å². The number of aliphatic carboxylic acids is 1. The van der Waals surface area contributed by atoms with Crippen LogP contribution in [0.3, 0.4) is 0 Å². The van der Waals surface area contributed by atoms with E-state index in [1.165, 1.54) is 6.08 Å². The first kappa shape index (κ1) is 16.5. The van der Waals surface area contributed by atoms with Gasteiger partial charge in [0, 0.05) is 12.6 Å². The molecule has 0 saturated carbocycles. The maximum atomic E-state index is 12.0. The molecule has 0 aliphatic heterocycles. The highest BCUT2D eigenvalue weighted by Crippen LogP contribution is 2.06. The molecule has 0 bridgehead atoms. The minimum Gasteiger partial charge on any atom is -0.480 e. The zero-order valence-electron chi connectivity index (χ0n) is 11.6. The number of carbonyl (C=O) groups excluding carboxylic acids is 1. The minimum absolute atomic E-state index is 0.0329. The Morgan fingerprint density at radius 2 is 1.89 bits per heavy atom. The van der Waals surface area contributed by atoms with Crippen LogP contribution in [0.4, 0.5) is 4.79 Å². The molecule has 18 heavy (non-hydrogen) atoms. The maximum absolute atomic E-state index is 12.0. The number of hydrogen-bond acceptors (Lipinski definition) is 2. The molecule has 1 atom stereocenters. The van der Waals surface area contributed by atoms with Gasteiger partial charge >= 0.3 is 12.0 Å². The molecule has 0 saturated heterocycles. The third-order valence-electron chi connectivity index (χ3n) is 2.44. The molecule has 0 heterocycles. The average molecular weight is 256 g/mol. The van der Waals surface area contributed by atoms with Crippen molar-refractivity contribution in [3.05, 3.63) is 12.7 Å². The Bertz CT molecular complexity index is 301. The van der Waals surface area contributed by atoms with Crippen LogP contribution in [0.25, 0.3) is 0 Å². The highest BCUT2D eigenvalue weighted by Gasteiger charge is 2.23. The lowest BCUT2D eigenvalue weighted by molar-refractivity contribution is -0.139. The van der Waals surface area contributed by atoms with Gasteiger partial charge in [-0.25, -0.2) is 9.59 Å². The van der Waals surface area contributed by atoms with Crippen molar-refractivity contribution < 1.29 is 14.7 Å². The summed E-state index contributed by atoms with van der Waals surface area (Å²) in [6.45, 7) is 11.9. The van der Waals surface area contributed by atoms with Crippen LogP contribution in [-0.4, -0.2) is 40.6 Å². The van der Waals surface area contributed by atoms with Gasteiger partial charge in [-0.2, -0.15) is 0 Å². The number of amides is 2. The van der Waals surface area contributed by atoms with Crippen LogP contribution in [-0.2, 0) is 4.79 Å². The van der Waals surface area contributed by atoms with Crippen LogP contribution in [0, 0.1) is 5.92 Å². The van der Waals surface area contributed by atoms with E-state index in [1.54, 1.807) is 4.90 Å². The van der Waals surface area contributed by atoms with E-state index >= 15 is 0 Å². The van der Waals surface area contributed by atoms with Crippen LogP contribution in [0.1, 0.15) is 34.1 Å². The standard InChI is InChI=1S/C13H24N2O3/c1-6-7-11(12(16)17)14-13(18)15(10(4)5)8-9(2)3/h6,9-11H,1,7-8H2,2-5H3,(H,14,18)(H,16,17). The van der Waals surface area contributed by atoms with Crippen molar-refractivity contribution in [3.63, 3.8) is 0 Å². The third-order valence-corrected chi connectivity index (χ3v) is 2.44. The number of urea groups is 1. The quantitative estimate of drug-likeness (QED) is 0.685. The van der Waals surface area contributed by atoms with E-state index in [9.17, 15) is 9.59 Å². The molecule has 0 fully saturated rings. The smallest absolute Gasteiger partial charge is 0.326 e. The summed E-state index contributed by atoms with van der Waals surface area (Å²) in [5.41, 5.74) is 0. The normalized spacial score (nSPS) is 12.3. The van der Waals surface area contributed by atoms with Gasteiger partial charge in [-0.05, 0) is 26.2 Å². The second-order valence-corrected chi connectivity index (χ2v) is 5.00. The molecule has 0 aliphatic rings. The van der Waals surface area contributed by atoms with Crippen molar-refractivity contribution in [2.24, 2.45) is 5.92 Å². The lowest BCUT2D eigenvalue weighted by Gasteiger charge is -2.29. The first-order chi connectivity index (χ1) is 8.29. The van der Waals surface area contributed by atoms with E-state index in [0.29, 0.717) is 12.5 Å². The molecular formula is C13H24N2O3. The summed E-state index contributed by atoms with van der Waals surface area (Å²) in [4.78, 5) is 24.6. The van der Waals surface area contributed by atoms with Gasteiger partial charge in [0.05, 0.1) is 0 Å². The zero-order valence-corrected chi connectivity index (χ0v) is 11.6. The Kier molecular flexibility index (Phi) is 7.08. The topological polar surface area (TPSA) is 69.6 Å². The van der Waals surface area contributed by atoms with Gasteiger partial charge in [-0.1, -0.05) is 19.9 Å². The number of carboxylic acids is 1. The summed E-state index contributed by atoms with van der Waals surface area (Å²) >= 11 is 0. The summed E-state index contributed by atoms with van der Waals surface area (Å²) in [5, 5.41) is 11.5. The monoisotopic (exact) mass is 256 g/mol. The lowest BCUT2D eigenvalue weighted by Crippen LogP contribution is -2.51. The van der Waals surface area contributed by atoms with Crippen LogP contribution in [0.5, 0.6) is 0 Å². The van der Waals surface area contributed by atoms with Crippen LogP contribution < -0.4 is 5.32 Å². The summed E-state index contributed by atoms with van der Waals surface area (Å²) < 4.78 is 0. The van der Waals surface area contributed by atoms with Crippen LogP contribution >= 0.6 is 0 Å². The predicted octanol–water partition coefficient (Wildman–Crippen LogP) is 2.09. The number of nitrogens with zero attached hydrogens (tertiary/aromatic N) is 1. The summed E-state index contributed by atoms with van der Waals surface area (Å²) in [6.07, 6.45) is 1.70. The molecule has 0 aliphatic carbocycles. The lowest BCUT2D eigenvalue weighted by atomic mass is 10.2. The number of nitrogens with one attached hydrogen (secondary N) is 1. The van der Waals surface area contributed by atoms with Crippen molar-refractivity contribution in [1.82, 2.24) is 10.2 Å². The fraction of sp³-hybridized carbons (Fsp3) is 0.692. The molecule has 0 aromatic carbocycles. The van der Waals surface area contributed by atoms with Gasteiger partial charge in [-0.15, -0.1) is 6.58 Å². The number of rotatable bonds is 7. The van der Waals surface area contributed by atoms with Crippen LogP contribution in [0.2, 0.25) is 0 Å². The highest BCUT2D eigenvalue weighted by atomic mass is 16.4. The van der Waals surface area contributed by atoms with E-state index < -0.39 is 12.0 Å². The van der Waals surface area contributed by atoms with Gasteiger partial charge in [0.15, 0.2) is 0 Å². The minimum atomic E-state index is -1.04. The summed E-state index contributed by atoms with van der Waals surface area (Å²) in [7, 11) is 0. The Morgan fingerprint density at radius 3 is 2.22 bits per heavy atom. The van der Waals surface area contributed by atoms with E-state index in [2.05, 4.69) is 11.9 Å². The van der Waals surface area contributed by atoms with Crippen molar-refractivity contribution in [3.8, 4) is 0 Å². The highest BCUT2D eigenvalue weighted by molar-refractivity contribution is 5.82. The molecule has 0 rings (SSSR count). The van der Waals surface area contributed by atoms with Gasteiger partial charge in [-0.3, -0.25) is 0 Å². The van der Waals surface area contributed by atoms with Crippen molar-refractivity contribution >= 4 is 12.0 Å². The van der Waals surface area contributed by atoms with E-state index in [0.717, 1.165) is 0 Å². The van der Waals surface area contributed by atoms with Gasteiger partial charge in [0.25, 0.3) is 0 Å². The fourth-order valence-corrected chi connectivity index (χ4v) is 1.54. The molecule has 5 nitrogen and oxygen atoms in total. The van der Waals surface area contributed by atoms with E-state index in [1.807, 2.05) is 27.7 Å². The molecule has 0 radical (unpaired) electrons. The molecular weight excluding hydrogens is 232 g/mol. The molecule has 0 aromatic rings. The molecule has 104 valence electrons. The van der Waals surface area contributed by atoms with Gasteiger partial charge in [0.1, 0.15) is 6.04 Å². The number of carboxylic acid groups (broad SMARTS) is 1. The Balaban J connectivity index is 4.66. The molecule has 5 heteroatoms. The SMILES string of the molecule is C=CCC(NC(=O)N(CC(C)C)C(C)C)C(=O)O. The van der Waals surface area contributed by atoms with Crippen molar-refractivity contribution in [2.75, 3.05) is 6.54 Å². The molecule has 2 N–H and O–H groups in total. The Hall–Kier alpha value is -1.52. The summed E-state index contributed by atoms with van der Waals surface area (Å²) in [6, 6.07) is -1.22. The van der Waals surface area contributed by atoms with E-state index in [4.69, 9.17) is 5.11 Å². The van der Waals surface area contributed by atoms with Gasteiger partial charge < -0.3 is 15.3 Å². The second kappa shape index (κ2) is 7.74. The molecule has 0 aromatic heterocycles. The van der Waals surface area contributed by atoms with Gasteiger partial charge in [0.2, 0.25) is 0 Å². The Morgan fingerprint density at radius 1 is 1.33 bits per heavy atom.